The fourth-order valence-corrected chi connectivity index (χ4v) is 4.67. The van der Waals surface area contributed by atoms with Gasteiger partial charge in [-0.05, 0) is 39.7 Å². The molecule has 3 heterocycles. The van der Waals surface area contributed by atoms with Crippen molar-refractivity contribution >= 4 is 10.9 Å². The van der Waals surface area contributed by atoms with Crippen LogP contribution in [0.25, 0.3) is 10.9 Å². The summed E-state index contributed by atoms with van der Waals surface area (Å²) in [6, 6.07) is 9.42. The third kappa shape index (κ3) is 1.33. The third-order valence-electron chi connectivity index (χ3n) is 5.79. The lowest BCUT2D eigenvalue weighted by atomic mass is 9.62. The molecule has 1 N–H and O–H groups in total. The molecule has 2 atom stereocenters. The second-order valence-corrected chi connectivity index (χ2v) is 7.48. The standard InChI is InChI=1S/C18H24N2/c1-12(2)20-11-17(3)9-10-18(20,4)15-13-7-5-6-8-14(13)19-16(15)17/h5-8,12,19H,9-11H2,1-4H3. The zero-order valence-electron chi connectivity index (χ0n) is 13.0. The van der Waals surface area contributed by atoms with E-state index >= 15 is 0 Å². The molecule has 0 saturated carbocycles. The van der Waals surface area contributed by atoms with Crippen LogP contribution >= 0.6 is 0 Å². The average molecular weight is 268 g/mol. The van der Waals surface area contributed by atoms with Gasteiger partial charge in [0, 0.05) is 45.7 Å². The molecule has 1 aromatic carbocycles. The number of benzene rings is 1. The minimum Gasteiger partial charge on any atom is -0.358 e. The maximum atomic E-state index is 3.75. The molecule has 1 aromatic heterocycles. The molecule has 1 aliphatic carbocycles. The van der Waals surface area contributed by atoms with Crippen LogP contribution in [0, 0.1) is 0 Å². The monoisotopic (exact) mass is 268 g/mol. The first kappa shape index (κ1) is 12.5. The van der Waals surface area contributed by atoms with E-state index in [0.29, 0.717) is 6.04 Å². The SMILES string of the molecule is CC(C)N1CC2(C)CCC1(C)c1c2[nH]c2ccccc12. The summed E-state index contributed by atoms with van der Waals surface area (Å²) in [6.07, 6.45) is 2.57. The number of fused-ring (bicyclic) bond motifs is 3. The highest BCUT2D eigenvalue weighted by Crippen LogP contribution is 2.56. The van der Waals surface area contributed by atoms with E-state index in [1.165, 1.54) is 36.0 Å². The van der Waals surface area contributed by atoms with E-state index in [0.717, 1.165) is 0 Å². The number of nitrogens with zero attached hydrogens (tertiary/aromatic N) is 1. The van der Waals surface area contributed by atoms with Crippen molar-refractivity contribution in [3.8, 4) is 0 Å². The lowest BCUT2D eigenvalue weighted by molar-refractivity contribution is -0.0261. The summed E-state index contributed by atoms with van der Waals surface area (Å²) in [5, 5.41) is 1.43. The molecule has 0 radical (unpaired) electrons. The summed E-state index contributed by atoms with van der Waals surface area (Å²) >= 11 is 0. The molecule has 0 amide bonds. The molecule has 2 heteroatoms. The molecular formula is C18H24N2. The fourth-order valence-electron chi connectivity index (χ4n) is 4.67. The minimum absolute atomic E-state index is 0.195. The van der Waals surface area contributed by atoms with E-state index < -0.39 is 0 Å². The summed E-state index contributed by atoms with van der Waals surface area (Å²) < 4.78 is 0. The largest absolute Gasteiger partial charge is 0.358 e. The van der Waals surface area contributed by atoms with Crippen LogP contribution in [0.1, 0.15) is 51.8 Å². The Kier molecular flexibility index (Phi) is 2.29. The Balaban J connectivity index is 2.06. The van der Waals surface area contributed by atoms with E-state index in [4.69, 9.17) is 0 Å². The van der Waals surface area contributed by atoms with Gasteiger partial charge in [0.2, 0.25) is 0 Å². The first-order valence-electron chi connectivity index (χ1n) is 7.84. The average Bonchev–Trinajstić information content (AvgIpc) is 2.82. The van der Waals surface area contributed by atoms with Gasteiger partial charge in [-0.25, -0.2) is 0 Å². The number of hydrogen-bond donors (Lipinski definition) is 1. The normalized spacial score (nSPS) is 33.0. The van der Waals surface area contributed by atoms with Crippen LogP contribution in [0.4, 0.5) is 0 Å². The summed E-state index contributed by atoms with van der Waals surface area (Å²) in [5.74, 6) is 0. The van der Waals surface area contributed by atoms with E-state index in [-0.39, 0.29) is 11.0 Å². The van der Waals surface area contributed by atoms with Crippen LogP contribution in [-0.2, 0) is 11.0 Å². The lowest BCUT2D eigenvalue weighted by Crippen LogP contribution is -2.62. The molecule has 1 saturated heterocycles. The van der Waals surface area contributed by atoms with Gasteiger partial charge in [0.05, 0.1) is 0 Å². The van der Waals surface area contributed by atoms with Crippen LogP contribution in [-0.4, -0.2) is 22.5 Å². The van der Waals surface area contributed by atoms with Crippen molar-refractivity contribution in [3.05, 3.63) is 35.5 Å². The van der Waals surface area contributed by atoms with Crippen molar-refractivity contribution in [2.45, 2.75) is 57.5 Å². The third-order valence-corrected chi connectivity index (χ3v) is 5.79. The number of hydrogen-bond acceptors (Lipinski definition) is 1. The summed E-state index contributed by atoms with van der Waals surface area (Å²) in [7, 11) is 0. The predicted molar refractivity (Wildman–Crippen MR) is 84.1 cm³/mol. The van der Waals surface area contributed by atoms with Crippen molar-refractivity contribution in [1.29, 1.82) is 0 Å². The van der Waals surface area contributed by atoms with Crippen LogP contribution < -0.4 is 0 Å². The molecule has 20 heavy (non-hydrogen) atoms. The number of para-hydroxylation sites is 1. The highest BCUT2D eigenvalue weighted by molar-refractivity contribution is 5.87. The van der Waals surface area contributed by atoms with Crippen molar-refractivity contribution in [3.63, 3.8) is 0 Å². The minimum atomic E-state index is 0.195. The van der Waals surface area contributed by atoms with Crippen LogP contribution in [0.3, 0.4) is 0 Å². The number of aromatic nitrogens is 1. The molecule has 0 spiro atoms. The van der Waals surface area contributed by atoms with Crippen LogP contribution in [0.15, 0.2) is 24.3 Å². The van der Waals surface area contributed by atoms with Crippen molar-refractivity contribution in [1.82, 2.24) is 9.88 Å². The first-order valence-corrected chi connectivity index (χ1v) is 7.84. The van der Waals surface area contributed by atoms with E-state index in [1.54, 1.807) is 5.56 Å². The van der Waals surface area contributed by atoms with Gasteiger partial charge in [0.25, 0.3) is 0 Å². The van der Waals surface area contributed by atoms with Gasteiger partial charge in [0.15, 0.2) is 0 Å². The van der Waals surface area contributed by atoms with E-state index in [1.807, 2.05) is 0 Å². The number of H-pyrrole nitrogens is 1. The zero-order chi connectivity index (χ0) is 14.1. The Morgan fingerprint density at radius 1 is 1.15 bits per heavy atom. The smallest absolute Gasteiger partial charge is 0.0460 e. The fraction of sp³-hybridized carbons (Fsp3) is 0.556. The molecule has 1 fully saturated rings. The molecule has 2 nitrogen and oxygen atoms in total. The first-order chi connectivity index (χ1) is 9.46. The molecule has 2 aliphatic heterocycles. The molecule has 2 bridgehead atoms. The Hall–Kier alpha value is -1.28. The van der Waals surface area contributed by atoms with Gasteiger partial charge in [-0.2, -0.15) is 0 Å². The summed E-state index contributed by atoms with van der Waals surface area (Å²) in [6.45, 7) is 10.7. The van der Waals surface area contributed by atoms with Gasteiger partial charge >= 0.3 is 0 Å². The van der Waals surface area contributed by atoms with Gasteiger partial charge in [-0.15, -0.1) is 0 Å². The quantitative estimate of drug-likeness (QED) is 0.823. The van der Waals surface area contributed by atoms with Crippen molar-refractivity contribution < 1.29 is 0 Å². The predicted octanol–water partition coefficient (Wildman–Crippen LogP) is 4.16. The number of rotatable bonds is 1. The van der Waals surface area contributed by atoms with Crippen molar-refractivity contribution in [2.75, 3.05) is 6.54 Å². The van der Waals surface area contributed by atoms with Gasteiger partial charge in [-0.1, -0.05) is 25.1 Å². The number of aromatic amines is 1. The van der Waals surface area contributed by atoms with Gasteiger partial charge < -0.3 is 4.98 Å². The maximum Gasteiger partial charge on any atom is 0.0460 e. The zero-order valence-corrected chi connectivity index (χ0v) is 13.0. The Morgan fingerprint density at radius 3 is 2.65 bits per heavy atom. The van der Waals surface area contributed by atoms with Crippen LogP contribution in [0.5, 0.6) is 0 Å². The Labute approximate surface area is 121 Å². The van der Waals surface area contributed by atoms with Gasteiger partial charge in [0.1, 0.15) is 0 Å². The second-order valence-electron chi connectivity index (χ2n) is 7.48. The van der Waals surface area contributed by atoms with Crippen molar-refractivity contribution in [2.24, 2.45) is 0 Å². The second kappa shape index (κ2) is 3.67. The molecular weight excluding hydrogens is 244 g/mol. The van der Waals surface area contributed by atoms with Gasteiger partial charge in [-0.3, -0.25) is 4.90 Å². The molecule has 106 valence electrons. The molecule has 2 aromatic rings. The van der Waals surface area contributed by atoms with E-state index in [9.17, 15) is 0 Å². The Bertz CT molecular complexity index is 684. The molecule has 5 rings (SSSR count). The maximum absolute atomic E-state index is 3.75. The highest BCUT2D eigenvalue weighted by atomic mass is 15.3. The summed E-state index contributed by atoms with van der Waals surface area (Å²) in [4.78, 5) is 6.47. The Morgan fingerprint density at radius 2 is 1.90 bits per heavy atom. The molecule has 2 unspecified atom stereocenters. The van der Waals surface area contributed by atoms with E-state index in [2.05, 4.69) is 61.8 Å². The lowest BCUT2D eigenvalue weighted by Gasteiger charge is -2.58. The highest BCUT2D eigenvalue weighted by Gasteiger charge is 2.54. The summed E-state index contributed by atoms with van der Waals surface area (Å²) in [5.41, 5.74) is 4.87. The molecule has 3 aliphatic rings. The topological polar surface area (TPSA) is 19.0 Å². The van der Waals surface area contributed by atoms with Crippen LogP contribution in [0.2, 0.25) is 0 Å². The number of nitrogens with one attached hydrogen (secondary N) is 1. The number of piperidine rings is 1.